The van der Waals surface area contributed by atoms with E-state index in [1.165, 1.54) is 0 Å². The maximum Gasteiger partial charge on any atom is 0.163 e. The third-order valence-electron chi connectivity index (χ3n) is 5.26. The van der Waals surface area contributed by atoms with Crippen molar-refractivity contribution in [3.05, 3.63) is 65.4 Å². The zero-order valence-corrected chi connectivity index (χ0v) is 16.9. The number of hydrogen-bond donors (Lipinski definition) is 0. The molecule has 0 bridgehead atoms. The Morgan fingerprint density at radius 1 is 0.966 bits per heavy atom. The first kappa shape index (κ1) is 18.1. The van der Waals surface area contributed by atoms with E-state index >= 15 is 0 Å². The highest BCUT2D eigenvalue weighted by atomic mass is 32.1. The van der Waals surface area contributed by atoms with Crippen molar-refractivity contribution in [3.8, 4) is 11.4 Å². The van der Waals surface area contributed by atoms with E-state index < -0.39 is 0 Å². The minimum Gasteiger partial charge on any atom is -0.355 e. The van der Waals surface area contributed by atoms with E-state index in [1.54, 1.807) is 17.5 Å². The van der Waals surface area contributed by atoms with Crippen LogP contribution in [-0.4, -0.2) is 51.0 Å². The molecule has 0 saturated carbocycles. The highest BCUT2D eigenvalue weighted by Crippen LogP contribution is 2.28. The van der Waals surface area contributed by atoms with Gasteiger partial charge in [0.15, 0.2) is 5.82 Å². The van der Waals surface area contributed by atoms with Crippen LogP contribution in [0.5, 0.6) is 0 Å². The molecule has 146 valence electrons. The standard InChI is InChI=1S/C22H22N6S/c1-2-7-20-19(6-1)22(26-21(25-20)17-5-3-8-23-13-17)28-10-4-9-27(11-12-28)14-18-15-29-16-24-18/h1-3,5-8,13,15-16H,4,9-12,14H2. The van der Waals surface area contributed by atoms with Gasteiger partial charge >= 0.3 is 0 Å². The Morgan fingerprint density at radius 3 is 2.79 bits per heavy atom. The number of benzene rings is 1. The Kier molecular flexibility index (Phi) is 5.15. The highest BCUT2D eigenvalue weighted by Gasteiger charge is 2.20. The van der Waals surface area contributed by atoms with E-state index in [1.807, 2.05) is 29.9 Å². The summed E-state index contributed by atoms with van der Waals surface area (Å²) in [6.07, 6.45) is 4.70. The molecule has 1 aliphatic rings. The average molecular weight is 403 g/mol. The summed E-state index contributed by atoms with van der Waals surface area (Å²) in [6.45, 7) is 4.92. The molecule has 0 unspecified atom stereocenters. The average Bonchev–Trinajstić information content (AvgIpc) is 3.18. The smallest absolute Gasteiger partial charge is 0.163 e. The minimum absolute atomic E-state index is 0.732. The fourth-order valence-corrected chi connectivity index (χ4v) is 4.36. The predicted octanol–water partition coefficient (Wildman–Crippen LogP) is 3.86. The van der Waals surface area contributed by atoms with Crippen LogP contribution < -0.4 is 4.90 Å². The molecule has 1 fully saturated rings. The Balaban J connectivity index is 1.46. The van der Waals surface area contributed by atoms with E-state index in [-0.39, 0.29) is 0 Å². The number of anilines is 1. The van der Waals surface area contributed by atoms with E-state index in [9.17, 15) is 0 Å². The van der Waals surface area contributed by atoms with Crippen LogP contribution in [0, 0.1) is 0 Å². The molecular formula is C22H22N6S. The lowest BCUT2D eigenvalue weighted by Crippen LogP contribution is -2.31. The van der Waals surface area contributed by atoms with Crippen molar-refractivity contribution in [3.63, 3.8) is 0 Å². The molecule has 0 amide bonds. The summed E-state index contributed by atoms with van der Waals surface area (Å²) in [7, 11) is 0. The van der Waals surface area contributed by atoms with Gasteiger partial charge in [-0.2, -0.15) is 0 Å². The maximum atomic E-state index is 4.98. The molecule has 1 aromatic carbocycles. The van der Waals surface area contributed by atoms with Crippen LogP contribution >= 0.6 is 11.3 Å². The van der Waals surface area contributed by atoms with Gasteiger partial charge in [0.1, 0.15) is 5.82 Å². The van der Waals surface area contributed by atoms with E-state index in [0.717, 1.165) is 72.9 Å². The lowest BCUT2D eigenvalue weighted by Gasteiger charge is -2.24. The predicted molar refractivity (Wildman–Crippen MR) is 117 cm³/mol. The third kappa shape index (κ3) is 3.97. The van der Waals surface area contributed by atoms with Gasteiger partial charge in [0.05, 0.1) is 16.7 Å². The second-order valence-electron chi connectivity index (χ2n) is 7.23. The van der Waals surface area contributed by atoms with Crippen LogP contribution in [0.25, 0.3) is 22.3 Å². The van der Waals surface area contributed by atoms with Crippen molar-refractivity contribution < 1.29 is 0 Å². The molecule has 0 spiro atoms. The Morgan fingerprint density at radius 2 is 1.93 bits per heavy atom. The molecule has 3 aromatic heterocycles. The molecule has 0 aliphatic carbocycles. The van der Waals surface area contributed by atoms with Crippen molar-refractivity contribution >= 4 is 28.1 Å². The van der Waals surface area contributed by atoms with Crippen LogP contribution in [0.4, 0.5) is 5.82 Å². The second-order valence-corrected chi connectivity index (χ2v) is 7.94. The fraction of sp³-hybridized carbons (Fsp3) is 0.273. The van der Waals surface area contributed by atoms with Crippen LogP contribution in [-0.2, 0) is 6.54 Å². The number of rotatable bonds is 4. The van der Waals surface area contributed by atoms with Gasteiger partial charge in [-0.1, -0.05) is 12.1 Å². The van der Waals surface area contributed by atoms with Crippen LogP contribution in [0.1, 0.15) is 12.1 Å². The number of nitrogens with zero attached hydrogens (tertiary/aromatic N) is 6. The summed E-state index contributed by atoms with van der Waals surface area (Å²) in [5, 5.41) is 3.24. The summed E-state index contributed by atoms with van der Waals surface area (Å²) >= 11 is 1.66. The molecule has 7 heteroatoms. The molecule has 6 nitrogen and oxygen atoms in total. The van der Waals surface area contributed by atoms with Gasteiger partial charge in [-0.3, -0.25) is 9.88 Å². The lowest BCUT2D eigenvalue weighted by molar-refractivity contribution is 0.282. The van der Waals surface area contributed by atoms with E-state index in [0.29, 0.717) is 0 Å². The number of fused-ring (bicyclic) bond motifs is 1. The Labute approximate surface area is 173 Å². The summed E-state index contributed by atoms with van der Waals surface area (Å²) in [6, 6.07) is 12.2. The molecule has 4 aromatic rings. The van der Waals surface area contributed by atoms with Crippen LogP contribution in [0.15, 0.2) is 59.7 Å². The van der Waals surface area contributed by atoms with Gasteiger partial charge in [0.2, 0.25) is 0 Å². The second kappa shape index (κ2) is 8.23. The molecule has 0 N–H and O–H groups in total. The molecule has 0 atom stereocenters. The topological polar surface area (TPSA) is 58.0 Å². The van der Waals surface area contributed by atoms with Crippen LogP contribution in [0.2, 0.25) is 0 Å². The first-order valence-corrected chi connectivity index (χ1v) is 10.8. The van der Waals surface area contributed by atoms with E-state index in [2.05, 4.69) is 43.3 Å². The fourth-order valence-electron chi connectivity index (χ4n) is 3.81. The van der Waals surface area contributed by atoms with Gasteiger partial charge in [0.25, 0.3) is 0 Å². The van der Waals surface area contributed by atoms with Gasteiger partial charge in [-0.05, 0) is 30.7 Å². The summed E-state index contributed by atoms with van der Waals surface area (Å²) < 4.78 is 0. The quantitative estimate of drug-likeness (QED) is 0.517. The zero-order chi connectivity index (χ0) is 19.5. The zero-order valence-electron chi connectivity index (χ0n) is 16.1. The molecule has 4 heterocycles. The Hall–Kier alpha value is -2.90. The normalized spacial score (nSPS) is 15.5. The molecule has 1 aliphatic heterocycles. The number of aromatic nitrogens is 4. The van der Waals surface area contributed by atoms with Gasteiger partial charge in [-0.15, -0.1) is 11.3 Å². The number of pyridine rings is 1. The van der Waals surface area contributed by atoms with Crippen molar-refractivity contribution in [1.82, 2.24) is 24.8 Å². The Bertz CT molecular complexity index is 1080. The van der Waals surface area contributed by atoms with Gasteiger partial charge < -0.3 is 4.90 Å². The summed E-state index contributed by atoms with van der Waals surface area (Å²) in [4.78, 5) is 23.4. The van der Waals surface area contributed by atoms with Gasteiger partial charge in [-0.25, -0.2) is 15.0 Å². The molecule has 0 radical (unpaired) electrons. The largest absolute Gasteiger partial charge is 0.355 e. The van der Waals surface area contributed by atoms with Crippen molar-refractivity contribution in [2.45, 2.75) is 13.0 Å². The third-order valence-corrected chi connectivity index (χ3v) is 5.90. The first-order chi connectivity index (χ1) is 14.4. The SMILES string of the molecule is c1cncc(-c2nc(N3CCCN(Cc4cscn4)CC3)c3ccccc3n2)c1. The van der Waals surface area contributed by atoms with Crippen molar-refractivity contribution in [2.75, 3.05) is 31.1 Å². The van der Waals surface area contributed by atoms with Crippen LogP contribution in [0.3, 0.4) is 0 Å². The number of para-hydroxylation sites is 1. The lowest BCUT2D eigenvalue weighted by atomic mass is 10.2. The van der Waals surface area contributed by atoms with Crippen molar-refractivity contribution in [1.29, 1.82) is 0 Å². The number of thiazole rings is 1. The monoisotopic (exact) mass is 402 g/mol. The minimum atomic E-state index is 0.732. The highest BCUT2D eigenvalue weighted by molar-refractivity contribution is 7.07. The first-order valence-electron chi connectivity index (χ1n) is 9.88. The van der Waals surface area contributed by atoms with Gasteiger partial charge in [0, 0.05) is 61.4 Å². The number of hydrogen-bond acceptors (Lipinski definition) is 7. The molecule has 5 rings (SSSR count). The molecule has 29 heavy (non-hydrogen) atoms. The summed E-state index contributed by atoms with van der Waals surface area (Å²) in [5.74, 6) is 1.75. The van der Waals surface area contributed by atoms with E-state index in [4.69, 9.17) is 9.97 Å². The molecular weight excluding hydrogens is 380 g/mol. The summed E-state index contributed by atoms with van der Waals surface area (Å²) in [5.41, 5.74) is 4.99. The van der Waals surface area contributed by atoms with Crippen molar-refractivity contribution in [2.24, 2.45) is 0 Å². The maximum absolute atomic E-state index is 4.98. The molecule has 1 saturated heterocycles.